The first-order valence-corrected chi connectivity index (χ1v) is 8.79. The summed E-state index contributed by atoms with van der Waals surface area (Å²) in [5, 5.41) is 7.14. The van der Waals surface area contributed by atoms with Gasteiger partial charge >= 0.3 is 0 Å². The van der Waals surface area contributed by atoms with Crippen molar-refractivity contribution in [1.82, 2.24) is 20.0 Å². The van der Waals surface area contributed by atoms with Crippen LogP contribution in [0.2, 0.25) is 0 Å². The van der Waals surface area contributed by atoms with Crippen molar-refractivity contribution in [3.8, 4) is 0 Å². The third-order valence-electron chi connectivity index (χ3n) is 4.85. The fourth-order valence-corrected chi connectivity index (χ4v) is 3.59. The van der Waals surface area contributed by atoms with Crippen molar-refractivity contribution in [2.75, 3.05) is 45.9 Å². The van der Waals surface area contributed by atoms with Gasteiger partial charge in [-0.2, -0.15) is 5.10 Å². The quantitative estimate of drug-likeness (QED) is 0.886. The molecule has 2 saturated heterocycles. The van der Waals surface area contributed by atoms with E-state index in [4.69, 9.17) is 4.74 Å². The largest absolute Gasteiger partial charge is 0.379 e. The van der Waals surface area contributed by atoms with Crippen LogP contribution in [-0.4, -0.2) is 71.8 Å². The summed E-state index contributed by atoms with van der Waals surface area (Å²) >= 11 is 0. The van der Waals surface area contributed by atoms with E-state index >= 15 is 0 Å². The Morgan fingerprint density at radius 1 is 1.39 bits per heavy atom. The normalized spacial score (nSPS) is 23.2. The molecule has 0 aromatic carbocycles. The van der Waals surface area contributed by atoms with Crippen molar-refractivity contribution >= 4 is 5.91 Å². The molecule has 1 amide bonds. The molecule has 2 aliphatic heterocycles. The first-order valence-electron chi connectivity index (χ1n) is 8.79. The number of aromatic amines is 1. The van der Waals surface area contributed by atoms with E-state index in [-0.39, 0.29) is 5.91 Å². The Morgan fingerprint density at radius 2 is 2.22 bits per heavy atom. The Morgan fingerprint density at radius 3 is 2.96 bits per heavy atom. The van der Waals surface area contributed by atoms with Crippen LogP contribution in [0.15, 0.2) is 6.07 Å². The van der Waals surface area contributed by atoms with E-state index in [1.54, 1.807) is 0 Å². The molecule has 2 aliphatic rings. The molecule has 3 rings (SSSR count). The van der Waals surface area contributed by atoms with Gasteiger partial charge in [0, 0.05) is 51.3 Å². The maximum Gasteiger partial charge on any atom is 0.222 e. The molecular weight excluding hydrogens is 292 g/mol. The maximum atomic E-state index is 12.5. The smallest absolute Gasteiger partial charge is 0.222 e. The summed E-state index contributed by atoms with van der Waals surface area (Å²) in [6, 6.07) is 2.02. The van der Waals surface area contributed by atoms with Gasteiger partial charge in [-0.3, -0.25) is 14.8 Å². The number of nitrogens with zero attached hydrogens (tertiary/aromatic N) is 3. The summed E-state index contributed by atoms with van der Waals surface area (Å²) < 4.78 is 5.41. The van der Waals surface area contributed by atoms with Gasteiger partial charge in [0.15, 0.2) is 0 Å². The van der Waals surface area contributed by atoms with Crippen LogP contribution >= 0.6 is 0 Å². The van der Waals surface area contributed by atoms with E-state index in [9.17, 15) is 4.79 Å². The summed E-state index contributed by atoms with van der Waals surface area (Å²) in [5.74, 6) is 0.885. The minimum absolute atomic E-state index is 0.275. The molecule has 2 fully saturated rings. The molecule has 128 valence electrons. The van der Waals surface area contributed by atoms with Crippen molar-refractivity contribution in [1.29, 1.82) is 0 Å². The number of likely N-dealkylation sites (tertiary alicyclic amines) is 1. The topological polar surface area (TPSA) is 61.5 Å². The van der Waals surface area contributed by atoms with Gasteiger partial charge < -0.3 is 9.64 Å². The number of hydrogen-bond acceptors (Lipinski definition) is 4. The zero-order chi connectivity index (χ0) is 16.1. The standard InChI is InChI=1S/C17H28N4O2/c1-14-11-16(19-18-14)4-5-17(22)21-6-2-3-15(13-21)12-20-7-9-23-10-8-20/h11,15H,2-10,12-13H2,1H3,(H,18,19)/t15-/m1/s1. The fourth-order valence-electron chi connectivity index (χ4n) is 3.59. The molecule has 0 bridgehead atoms. The predicted octanol–water partition coefficient (Wildman–Crippen LogP) is 1.22. The van der Waals surface area contributed by atoms with E-state index in [1.165, 1.54) is 6.42 Å². The van der Waals surface area contributed by atoms with Crippen molar-refractivity contribution in [3.63, 3.8) is 0 Å². The molecular formula is C17H28N4O2. The van der Waals surface area contributed by atoms with Gasteiger partial charge in [0.2, 0.25) is 5.91 Å². The maximum absolute atomic E-state index is 12.5. The number of aromatic nitrogens is 2. The molecule has 6 heteroatoms. The lowest BCUT2D eigenvalue weighted by Crippen LogP contribution is -2.46. The molecule has 1 aromatic rings. The number of amides is 1. The monoisotopic (exact) mass is 320 g/mol. The molecule has 0 saturated carbocycles. The van der Waals surface area contributed by atoms with Crippen LogP contribution in [0.4, 0.5) is 0 Å². The number of carbonyl (C=O) groups excluding carboxylic acids is 1. The van der Waals surface area contributed by atoms with Crippen LogP contribution in [-0.2, 0) is 16.0 Å². The summed E-state index contributed by atoms with van der Waals surface area (Å²) in [7, 11) is 0. The first-order chi connectivity index (χ1) is 11.2. The Hall–Kier alpha value is -1.40. The molecule has 0 spiro atoms. The lowest BCUT2D eigenvalue weighted by atomic mass is 9.96. The number of carbonyl (C=O) groups is 1. The average molecular weight is 320 g/mol. The van der Waals surface area contributed by atoms with Gasteiger partial charge in [-0.05, 0) is 31.7 Å². The average Bonchev–Trinajstić information content (AvgIpc) is 2.99. The fraction of sp³-hybridized carbons (Fsp3) is 0.765. The van der Waals surface area contributed by atoms with Gasteiger partial charge in [-0.25, -0.2) is 0 Å². The lowest BCUT2D eigenvalue weighted by Gasteiger charge is -2.36. The number of piperidine rings is 1. The predicted molar refractivity (Wildman–Crippen MR) is 88.2 cm³/mol. The number of rotatable bonds is 5. The Kier molecular flexibility index (Phi) is 5.67. The third-order valence-corrected chi connectivity index (χ3v) is 4.85. The zero-order valence-corrected chi connectivity index (χ0v) is 14.1. The van der Waals surface area contributed by atoms with Gasteiger partial charge in [-0.15, -0.1) is 0 Å². The Bertz CT molecular complexity index is 510. The van der Waals surface area contributed by atoms with Gasteiger partial charge in [0.1, 0.15) is 0 Å². The van der Waals surface area contributed by atoms with Gasteiger partial charge in [0.05, 0.1) is 18.9 Å². The Balaban J connectivity index is 1.44. The highest BCUT2D eigenvalue weighted by molar-refractivity contribution is 5.76. The molecule has 1 aromatic heterocycles. The van der Waals surface area contributed by atoms with Crippen molar-refractivity contribution in [2.24, 2.45) is 5.92 Å². The second-order valence-corrected chi connectivity index (χ2v) is 6.80. The van der Waals surface area contributed by atoms with Crippen molar-refractivity contribution in [2.45, 2.75) is 32.6 Å². The number of morpholine rings is 1. The number of ether oxygens (including phenoxy) is 1. The van der Waals surface area contributed by atoms with Crippen molar-refractivity contribution in [3.05, 3.63) is 17.5 Å². The minimum atomic E-state index is 0.275. The van der Waals surface area contributed by atoms with Gasteiger partial charge in [0.25, 0.3) is 0 Å². The highest BCUT2D eigenvalue weighted by Crippen LogP contribution is 2.19. The molecule has 0 aliphatic carbocycles. The van der Waals surface area contributed by atoms with Crippen LogP contribution in [0, 0.1) is 12.8 Å². The molecule has 1 N–H and O–H groups in total. The van der Waals surface area contributed by atoms with E-state index in [2.05, 4.69) is 20.0 Å². The van der Waals surface area contributed by atoms with E-state index in [0.29, 0.717) is 12.3 Å². The Labute approximate surface area is 138 Å². The van der Waals surface area contributed by atoms with Crippen LogP contribution < -0.4 is 0 Å². The molecule has 0 unspecified atom stereocenters. The zero-order valence-electron chi connectivity index (χ0n) is 14.1. The molecule has 1 atom stereocenters. The molecule has 6 nitrogen and oxygen atoms in total. The minimum Gasteiger partial charge on any atom is -0.379 e. The number of aryl methyl sites for hydroxylation is 2. The van der Waals surface area contributed by atoms with Gasteiger partial charge in [-0.1, -0.05) is 0 Å². The van der Waals surface area contributed by atoms with E-state index in [0.717, 1.165) is 70.2 Å². The van der Waals surface area contributed by atoms with Crippen molar-refractivity contribution < 1.29 is 9.53 Å². The second-order valence-electron chi connectivity index (χ2n) is 6.80. The van der Waals surface area contributed by atoms with Crippen LogP contribution in [0.3, 0.4) is 0 Å². The van der Waals surface area contributed by atoms with E-state index < -0.39 is 0 Å². The summed E-state index contributed by atoms with van der Waals surface area (Å²) in [6.07, 6.45) is 3.66. The first kappa shape index (κ1) is 16.5. The SMILES string of the molecule is Cc1cc(CCC(=O)N2CCC[C@H](CN3CCOCC3)C2)n[nH]1. The molecule has 3 heterocycles. The highest BCUT2D eigenvalue weighted by atomic mass is 16.5. The van der Waals surface area contributed by atoms with E-state index in [1.807, 2.05) is 13.0 Å². The van der Waals surface area contributed by atoms with Crippen LogP contribution in [0.5, 0.6) is 0 Å². The number of hydrogen-bond donors (Lipinski definition) is 1. The highest BCUT2D eigenvalue weighted by Gasteiger charge is 2.25. The van der Waals surface area contributed by atoms with Crippen LogP contribution in [0.25, 0.3) is 0 Å². The number of H-pyrrole nitrogens is 1. The summed E-state index contributed by atoms with van der Waals surface area (Å²) in [5.41, 5.74) is 2.04. The molecule has 0 radical (unpaired) electrons. The third kappa shape index (κ3) is 4.78. The molecule has 23 heavy (non-hydrogen) atoms. The second kappa shape index (κ2) is 7.93. The number of nitrogens with one attached hydrogen (secondary N) is 1. The van der Waals surface area contributed by atoms with Crippen LogP contribution in [0.1, 0.15) is 30.7 Å². The lowest BCUT2D eigenvalue weighted by molar-refractivity contribution is -0.133. The summed E-state index contributed by atoms with van der Waals surface area (Å²) in [6.45, 7) is 8.67. The summed E-state index contributed by atoms with van der Waals surface area (Å²) in [4.78, 5) is 17.0.